The van der Waals surface area contributed by atoms with Crippen molar-refractivity contribution in [2.24, 2.45) is 4.99 Å². The summed E-state index contributed by atoms with van der Waals surface area (Å²) < 4.78 is 59.2. The third-order valence-corrected chi connectivity index (χ3v) is 7.25. The highest BCUT2D eigenvalue weighted by Crippen LogP contribution is 2.41. The average Bonchev–Trinajstić information content (AvgIpc) is 2.98. The van der Waals surface area contributed by atoms with Crippen molar-refractivity contribution in [3.05, 3.63) is 83.2 Å². The van der Waals surface area contributed by atoms with Gasteiger partial charge in [-0.15, -0.1) is 0 Å². The number of rotatable bonds is 10. The Hall–Kier alpha value is -4.01. The van der Waals surface area contributed by atoms with Gasteiger partial charge >= 0.3 is 0 Å². The molecule has 3 atom stereocenters. The van der Waals surface area contributed by atoms with Crippen LogP contribution in [0.2, 0.25) is 0 Å². The third-order valence-electron chi connectivity index (χ3n) is 7.25. The lowest BCUT2D eigenvalue weighted by molar-refractivity contribution is 0.000466. The minimum Gasteiger partial charge on any atom is -0.497 e. The van der Waals surface area contributed by atoms with Gasteiger partial charge in [0.15, 0.2) is 6.17 Å². The predicted octanol–water partition coefficient (Wildman–Crippen LogP) is 6.28. The van der Waals surface area contributed by atoms with Crippen LogP contribution in [0, 0.1) is 5.82 Å². The number of alkyl halides is 1. The second kappa shape index (κ2) is 12.4. The molecule has 0 aromatic heterocycles. The molecule has 1 heterocycles. The monoisotopic (exact) mass is 554 g/mol. The van der Waals surface area contributed by atoms with Crippen LogP contribution in [0.4, 0.5) is 8.78 Å². The Morgan fingerprint density at radius 3 is 1.88 bits per heavy atom. The zero-order chi connectivity index (χ0) is 28.9. The molecule has 3 aromatic rings. The molecule has 0 fully saturated rings. The van der Waals surface area contributed by atoms with Crippen molar-refractivity contribution in [2.45, 2.75) is 51.2 Å². The minimum atomic E-state index is -1.56. The molecule has 0 bridgehead atoms. The zero-order valence-corrected chi connectivity index (χ0v) is 23.7. The summed E-state index contributed by atoms with van der Waals surface area (Å²) in [4.78, 5) is 6.65. The van der Waals surface area contributed by atoms with Crippen molar-refractivity contribution < 1.29 is 32.5 Å². The smallest absolute Gasteiger partial charge is 0.289 e. The fourth-order valence-electron chi connectivity index (χ4n) is 4.93. The number of methoxy groups -OCH3 is 4. The van der Waals surface area contributed by atoms with Gasteiger partial charge in [-0.1, -0.05) is 25.1 Å². The first-order chi connectivity index (χ1) is 19.3. The van der Waals surface area contributed by atoms with Crippen molar-refractivity contribution in [1.82, 2.24) is 4.90 Å². The van der Waals surface area contributed by atoms with Gasteiger partial charge in [0, 0.05) is 28.8 Å². The third kappa shape index (κ3) is 5.78. The van der Waals surface area contributed by atoms with E-state index in [0.29, 0.717) is 42.5 Å². The Morgan fingerprint density at radius 2 is 1.40 bits per heavy atom. The van der Waals surface area contributed by atoms with Gasteiger partial charge in [0.2, 0.25) is 0 Å². The van der Waals surface area contributed by atoms with Gasteiger partial charge in [0.25, 0.3) is 6.02 Å². The number of hydrogen-bond donors (Lipinski definition) is 0. The molecule has 3 aromatic carbocycles. The molecule has 0 saturated carbocycles. The van der Waals surface area contributed by atoms with Crippen LogP contribution in [0.15, 0.2) is 65.7 Å². The van der Waals surface area contributed by atoms with E-state index in [0.717, 1.165) is 11.1 Å². The maximum absolute atomic E-state index is 16.0. The minimum absolute atomic E-state index is 0.172. The fourth-order valence-corrected chi connectivity index (χ4v) is 4.93. The lowest BCUT2D eigenvalue weighted by atomic mass is 9.83. The SMILES string of the molecule is CCC1OC(N(Cc2ccc(OC)cc2OC)Cc2ccc(OC)cc2OC)=NC(C)(c2ccccc2F)C1F. The van der Waals surface area contributed by atoms with E-state index in [2.05, 4.69) is 0 Å². The lowest BCUT2D eigenvalue weighted by Gasteiger charge is -2.41. The molecular weight excluding hydrogens is 518 g/mol. The molecule has 3 unspecified atom stereocenters. The number of amidine groups is 1. The van der Waals surface area contributed by atoms with Crippen LogP contribution in [-0.2, 0) is 23.4 Å². The van der Waals surface area contributed by atoms with Crippen LogP contribution < -0.4 is 18.9 Å². The average molecular weight is 555 g/mol. The van der Waals surface area contributed by atoms with Gasteiger partial charge in [-0.25, -0.2) is 13.8 Å². The molecule has 214 valence electrons. The van der Waals surface area contributed by atoms with Gasteiger partial charge in [0.1, 0.15) is 40.5 Å². The van der Waals surface area contributed by atoms with E-state index in [1.54, 1.807) is 65.7 Å². The summed E-state index contributed by atoms with van der Waals surface area (Å²) in [5.74, 6) is 1.99. The Bertz CT molecular complexity index is 1290. The molecular formula is C31H36F2N2O5. The highest BCUT2D eigenvalue weighted by molar-refractivity contribution is 5.76. The van der Waals surface area contributed by atoms with Crippen LogP contribution in [0.25, 0.3) is 0 Å². The lowest BCUT2D eigenvalue weighted by Crippen LogP contribution is -2.51. The van der Waals surface area contributed by atoms with Crippen molar-refractivity contribution >= 4 is 6.02 Å². The van der Waals surface area contributed by atoms with Crippen LogP contribution in [0.5, 0.6) is 23.0 Å². The van der Waals surface area contributed by atoms with Crippen LogP contribution >= 0.6 is 0 Å². The summed E-state index contributed by atoms with van der Waals surface area (Å²) in [5.41, 5.74) is 0.312. The summed E-state index contributed by atoms with van der Waals surface area (Å²) >= 11 is 0. The number of ether oxygens (including phenoxy) is 5. The van der Waals surface area contributed by atoms with Gasteiger partial charge in [0.05, 0.1) is 41.5 Å². The summed E-state index contributed by atoms with van der Waals surface area (Å²) in [6, 6.07) is 17.4. The first kappa shape index (κ1) is 29.0. The maximum Gasteiger partial charge on any atom is 0.289 e. The van der Waals surface area contributed by atoms with Crippen molar-refractivity contribution in [1.29, 1.82) is 0 Å². The second-order valence-corrected chi connectivity index (χ2v) is 9.70. The van der Waals surface area contributed by atoms with E-state index < -0.39 is 23.6 Å². The van der Waals surface area contributed by atoms with E-state index in [-0.39, 0.29) is 11.6 Å². The van der Waals surface area contributed by atoms with E-state index in [1.165, 1.54) is 6.07 Å². The first-order valence-electron chi connectivity index (χ1n) is 13.1. The number of nitrogens with zero attached hydrogens (tertiary/aromatic N) is 2. The molecule has 4 rings (SSSR count). The van der Waals surface area contributed by atoms with E-state index >= 15 is 8.78 Å². The molecule has 0 aliphatic carbocycles. The van der Waals surface area contributed by atoms with Gasteiger partial charge in [-0.2, -0.15) is 0 Å². The highest BCUT2D eigenvalue weighted by atomic mass is 19.1. The molecule has 40 heavy (non-hydrogen) atoms. The summed E-state index contributed by atoms with van der Waals surface area (Å²) in [7, 11) is 6.34. The van der Waals surface area contributed by atoms with Crippen LogP contribution in [0.1, 0.15) is 37.0 Å². The van der Waals surface area contributed by atoms with Crippen molar-refractivity contribution in [2.75, 3.05) is 28.4 Å². The quantitative estimate of drug-likeness (QED) is 0.294. The number of halogens is 2. The molecule has 1 aliphatic heterocycles. The predicted molar refractivity (Wildman–Crippen MR) is 150 cm³/mol. The molecule has 0 amide bonds. The number of benzene rings is 3. The van der Waals surface area contributed by atoms with Gasteiger partial charge in [-0.05, 0) is 43.7 Å². The number of aliphatic imine (C=N–C) groups is 1. The van der Waals surface area contributed by atoms with E-state index in [1.807, 2.05) is 36.1 Å². The standard InChI is InChI=1S/C31H36F2N2O5/c1-7-26-29(33)31(2,24-10-8-9-11-25(24)32)34-30(40-26)35(18-20-12-14-22(36-3)16-27(20)38-5)19-21-13-15-23(37-4)17-28(21)39-6/h8-17,26,29H,7,18-19H2,1-6H3. The highest BCUT2D eigenvalue weighted by Gasteiger charge is 2.48. The van der Waals surface area contributed by atoms with Crippen LogP contribution in [-0.4, -0.2) is 51.6 Å². The number of hydrogen-bond acceptors (Lipinski definition) is 7. The molecule has 0 spiro atoms. The van der Waals surface area contributed by atoms with E-state index in [4.69, 9.17) is 28.7 Å². The molecule has 0 radical (unpaired) electrons. The second-order valence-electron chi connectivity index (χ2n) is 9.70. The summed E-state index contributed by atoms with van der Waals surface area (Å²) in [6.07, 6.45) is -2.03. The summed E-state index contributed by atoms with van der Waals surface area (Å²) in [5, 5.41) is 0. The Kier molecular flexibility index (Phi) is 9.02. The Morgan fingerprint density at radius 1 is 0.850 bits per heavy atom. The summed E-state index contributed by atoms with van der Waals surface area (Å²) in [6.45, 7) is 4.04. The molecule has 0 N–H and O–H groups in total. The molecule has 7 nitrogen and oxygen atoms in total. The van der Waals surface area contributed by atoms with Crippen molar-refractivity contribution in [3.63, 3.8) is 0 Å². The van der Waals surface area contributed by atoms with E-state index in [9.17, 15) is 0 Å². The molecule has 1 aliphatic rings. The maximum atomic E-state index is 16.0. The Labute approximate surface area is 234 Å². The topological polar surface area (TPSA) is 61.8 Å². The largest absolute Gasteiger partial charge is 0.497 e. The molecule has 0 saturated heterocycles. The normalized spacial score (nSPS) is 20.2. The zero-order valence-electron chi connectivity index (χ0n) is 23.7. The fraction of sp³-hybridized carbons (Fsp3) is 0.387. The van der Waals surface area contributed by atoms with Crippen LogP contribution in [0.3, 0.4) is 0 Å². The first-order valence-corrected chi connectivity index (χ1v) is 13.1. The Balaban J connectivity index is 1.84. The molecule has 9 heteroatoms. The van der Waals surface area contributed by atoms with Crippen molar-refractivity contribution in [3.8, 4) is 23.0 Å². The van der Waals surface area contributed by atoms with Gasteiger partial charge < -0.3 is 28.6 Å². The van der Waals surface area contributed by atoms with Gasteiger partial charge in [-0.3, -0.25) is 0 Å².